The molecule has 0 fully saturated rings. The SMILES string of the molecule is COc1ccc(NC(=O)c2ccc([N+](=O)[O-])cc2NC(=O)c2ccc(OC)cc2OCCC(N)Cc2ccccc2C)cc1. The van der Waals surface area contributed by atoms with E-state index in [0.717, 1.165) is 17.2 Å². The van der Waals surface area contributed by atoms with Gasteiger partial charge in [0.15, 0.2) is 0 Å². The number of ether oxygens (including phenoxy) is 3. The van der Waals surface area contributed by atoms with Gasteiger partial charge in [-0.05, 0) is 73.4 Å². The summed E-state index contributed by atoms with van der Waals surface area (Å²) in [4.78, 5) is 37.6. The lowest BCUT2D eigenvalue weighted by Gasteiger charge is -2.17. The van der Waals surface area contributed by atoms with Crippen LogP contribution >= 0.6 is 0 Å². The third kappa shape index (κ3) is 8.11. The van der Waals surface area contributed by atoms with Crippen molar-refractivity contribution in [2.24, 2.45) is 5.73 Å². The Balaban J connectivity index is 1.52. The van der Waals surface area contributed by atoms with Crippen LogP contribution in [0.2, 0.25) is 0 Å². The number of benzene rings is 4. The number of hydrogen-bond acceptors (Lipinski definition) is 8. The van der Waals surface area contributed by atoms with Gasteiger partial charge in [0, 0.05) is 29.9 Å². The maximum atomic E-state index is 13.5. The number of nitrogens with zero attached hydrogens (tertiary/aromatic N) is 1. The predicted molar refractivity (Wildman–Crippen MR) is 168 cm³/mol. The number of carbonyl (C=O) groups excluding carboxylic acids is 2. The van der Waals surface area contributed by atoms with E-state index < -0.39 is 16.7 Å². The first kappa shape index (κ1) is 31.5. The van der Waals surface area contributed by atoms with Crippen molar-refractivity contribution >= 4 is 28.9 Å². The fraction of sp³-hybridized carbons (Fsp3) is 0.212. The van der Waals surface area contributed by atoms with Gasteiger partial charge in [0.25, 0.3) is 17.5 Å². The van der Waals surface area contributed by atoms with Crippen molar-refractivity contribution in [1.82, 2.24) is 0 Å². The Morgan fingerprint density at radius 2 is 1.52 bits per heavy atom. The molecule has 228 valence electrons. The Morgan fingerprint density at radius 3 is 2.20 bits per heavy atom. The number of amides is 2. The molecule has 0 aliphatic rings. The van der Waals surface area contributed by atoms with E-state index in [0.29, 0.717) is 30.0 Å². The molecule has 0 bridgehead atoms. The smallest absolute Gasteiger partial charge is 0.271 e. The number of nitrogens with two attached hydrogens (primary N) is 1. The Bertz CT molecular complexity index is 1640. The first-order valence-corrected chi connectivity index (χ1v) is 13.8. The normalized spacial score (nSPS) is 11.3. The standard InChI is InChI=1S/C33H34N4O7/c1-21-6-4-5-7-22(21)18-23(34)16-17-44-31-20-27(43-3)13-15-29(31)33(39)36-30-19-25(37(40)41)10-14-28(30)32(38)35-24-8-11-26(42-2)12-9-24/h4-15,19-20,23H,16-18,34H2,1-3H3,(H,35,38)(H,36,39). The molecule has 4 aromatic rings. The highest BCUT2D eigenvalue weighted by Gasteiger charge is 2.21. The molecule has 2 amide bonds. The molecule has 0 heterocycles. The zero-order valence-corrected chi connectivity index (χ0v) is 24.7. The van der Waals surface area contributed by atoms with Crippen LogP contribution in [0.15, 0.2) is 84.9 Å². The summed E-state index contributed by atoms with van der Waals surface area (Å²) in [5.41, 5.74) is 8.98. The molecule has 0 aromatic heterocycles. The van der Waals surface area contributed by atoms with Crippen LogP contribution in [0.5, 0.6) is 17.2 Å². The van der Waals surface area contributed by atoms with Crippen molar-refractivity contribution < 1.29 is 28.7 Å². The van der Waals surface area contributed by atoms with Gasteiger partial charge in [0.2, 0.25) is 0 Å². The van der Waals surface area contributed by atoms with E-state index in [2.05, 4.69) is 10.6 Å². The fourth-order valence-corrected chi connectivity index (χ4v) is 4.49. The molecule has 0 aliphatic carbocycles. The predicted octanol–water partition coefficient (Wildman–Crippen LogP) is 5.76. The number of rotatable bonds is 13. The maximum absolute atomic E-state index is 13.5. The molecule has 44 heavy (non-hydrogen) atoms. The van der Waals surface area contributed by atoms with Gasteiger partial charge in [0.1, 0.15) is 17.2 Å². The van der Waals surface area contributed by atoms with Gasteiger partial charge in [-0.25, -0.2) is 0 Å². The summed E-state index contributed by atoms with van der Waals surface area (Å²) in [6, 6.07) is 22.8. The van der Waals surface area contributed by atoms with Gasteiger partial charge in [-0.2, -0.15) is 0 Å². The molecule has 4 aromatic carbocycles. The minimum atomic E-state index is -0.633. The van der Waals surface area contributed by atoms with E-state index >= 15 is 0 Å². The van der Waals surface area contributed by atoms with Crippen molar-refractivity contribution in [2.75, 3.05) is 31.5 Å². The second kappa shape index (κ2) is 14.7. The zero-order valence-electron chi connectivity index (χ0n) is 24.7. The summed E-state index contributed by atoms with van der Waals surface area (Å²) in [5.74, 6) is 0.104. The van der Waals surface area contributed by atoms with E-state index in [4.69, 9.17) is 19.9 Å². The number of non-ortho nitro benzene ring substituents is 1. The van der Waals surface area contributed by atoms with Crippen molar-refractivity contribution in [2.45, 2.75) is 25.8 Å². The summed E-state index contributed by atoms with van der Waals surface area (Å²) in [6.07, 6.45) is 1.20. The zero-order chi connectivity index (χ0) is 31.6. The molecule has 4 N–H and O–H groups in total. The third-order valence-electron chi connectivity index (χ3n) is 6.98. The van der Waals surface area contributed by atoms with Crippen LogP contribution < -0.4 is 30.6 Å². The highest BCUT2D eigenvalue weighted by atomic mass is 16.6. The van der Waals surface area contributed by atoms with Crippen molar-refractivity contribution in [3.05, 3.63) is 117 Å². The molecular formula is C33H34N4O7. The minimum absolute atomic E-state index is 0.0259. The first-order valence-electron chi connectivity index (χ1n) is 13.8. The second-order valence-electron chi connectivity index (χ2n) is 10.0. The topological polar surface area (TPSA) is 155 Å². The second-order valence-corrected chi connectivity index (χ2v) is 10.0. The molecule has 1 atom stereocenters. The molecule has 1 unspecified atom stereocenters. The van der Waals surface area contributed by atoms with E-state index in [1.165, 1.54) is 32.4 Å². The van der Waals surface area contributed by atoms with Gasteiger partial charge in [-0.1, -0.05) is 24.3 Å². The molecule has 0 saturated carbocycles. The van der Waals surface area contributed by atoms with Crippen molar-refractivity contribution in [3.8, 4) is 17.2 Å². The molecule has 0 spiro atoms. The Labute approximate surface area is 255 Å². The highest BCUT2D eigenvalue weighted by molar-refractivity contribution is 6.13. The summed E-state index contributed by atoms with van der Waals surface area (Å²) in [5, 5.41) is 16.9. The number of carbonyl (C=O) groups is 2. The Kier molecular flexibility index (Phi) is 10.5. The van der Waals surface area contributed by atoms with Crippen molar-refractivity contribution in [1.29, 1.82) is 0 Å². The molecular weight excluding hydrogens is 564 g/mol. The number of anilines is 2. The van der Waals surface area contributed by atoms with E-state index in [1.807, 2.05) is 31.2 Å². The van der Waals surface area contributed by atoms with E-state index in [9.17, 15) is 19.7 Å². The van der Waals surface area contributed by atoms with E-state index in [1.54, 1.807) is 36.4 Å². The number of nitro benzene ring substituents is 1. The lowest BCUT2D eigenvalue weighted by Crippen LogP contribution is -2.26. The van der Waals surface area contributed by atoms with Crippen LogP contribution in [0, 0.1) is 17.0 Å². The number of aryl methyl sites for hydroxylation is 1. The van der Waals surface area contributed by atoms with Crippen LogP contribution in [0.25, 0.3) is 0 Å². The fourth-order valence-electron chi connectivity index (χ4n) is 4.49. The Morgan fingerprint density at radius 1 is 0.864 bits per heavy atom. The quantitative estimate of drug-likeness (QED) is 0.130. The number of methoxy groups -OCH3 is 2. The highest BCUT2D eigenvalue weighted by Crippen LogP contribution is 2.29. The first-order chi connectivity index (χ1) is 21.2. The number of hydrogen-bond donors (Lipinski definition) is 3. The summed E-state index contributed by atoms with van der Waals surface area (Å²) < 4.78 is 16.5. The molecule has 0 saturated heterocycles. The van der Waals surface area contributed by atoms with E-state index in [-0.39, 0.29) is 40.9 Å². The van der Waals surface area contributed by atoms with Crippen LogP contribution in [-0.4, -0.2) is 43.6 Å². The van der Waals surface area contributed by atoms with Crippen LogP contribution in [0.3, 0.4) is 0 Å². The monoisotopic (exact) mass is 598 g/mol. The average molecular weight is 599 g/mol. The van der Waals surface area contributed by atoms with Gasteiger partial charge in [0.05, 0.1) is 42.6 Å². The largest absolute Gasteiger partial charge is 0.497 e. The van der Waals surface area contributed by atoms with Crippen LogP contribution in [0.1, 0.15) is 38.3 Å². The van der Waals surface area contributed by atoms with Gasteiger partial charge < -0.3 is 30.6 Å². The molecule has 0 radical (unpaired) electrons. The molecule has 11 heteroatoms. The summed E-state index contributed by atoms with van der Waals surface area (Å²) in [7, 11) is 3.02. The minimum Gasteiger partial charge on any atom is -0.497 e. The van der Waals surface area contributed by atoms with Crippen molar-refractivity contribution in [3.63, 3.8) is 0 Å². The average Bonchev–Trinajstić information content (AvgIpc) is 3.02. The van der Waals surface area contributed by atoms with Gasteiger partial charge in [-0.15, -0.1) is 0 Å². The lowest BCUT2D eigenvalue weighted by atomic mass is 10.0. The molecule has 11 nitrogen and oxygen atoms in total. The Hall–Kier alpha value is -5.42. The van der Waals surface area contributed by atoms with Crippen LogP contribution in [0.4, 0.5) is 17.1 Å². The molecule has 4 rings (SSSR count). The van der Waals surface area contributed by atoms with Crippen LogP contribution in [-0.2, 0) is 6.42 Å². The third-order valence-corrected chi connectivity index (χ3v) is 6.98. The number of nitrogens with one attached hydrogen (secondary N) is 2. The van der Waals surface area contributed by atoms with Gasteiger partial charge in [-0.3, -0.25) is 19.7 Å². The number of nitro groups is 1. The molecule has 0 aliphatic heterocycles. The lowest BCUT2D eigenvalue weighted by molar-refractivity contribution is -0.384. The summed E-state index contributed by atoms with van der Waals surface area (Å²) >= 11 is 0. The summed E-state index contributed by atoms with van der Waals surface area (Å²) in [6.45, 7) is 2.27. The van der Waals surface area contributed by atoms with Gasteiger partial charge >= 0.3 is 0 Å². The maximum Gasteiger partial charge on any atom is 0.271 e.